The van der Waals surface area contributed by atoms with Gasteiger partial charge < -0.3 is 4.74 Å². The molecule has 1 saturated carbocycles. The summed E-state index contributed by atoms with van der Waals surface area (Å²) in [6.45, 7) is 4.47. The lowest BCUT2D eigenvalue weighted by Gasteiger charge is -2.26. The molecule has 1 aliphatic heterocycles. The third-order valence-electron chi connectivity index (χ3n) is 4.74. The maximum atomic E-state index is 12.3. The predicted octanol–water partition coefficient (Wildman–Crippen LogP) is 3.09. The molecule has 7 nitrogen and oxygen atoms in total. The lowest BCUT2D eigenvalue weighted by atomic mass is 9.86. The summed E-state index contributed by atoms with van der Waals surface area (Å²) in [6, 6.07) is 5.70. The van der Waals surface area contributed by atoms with Crippen LogP contribution in [0.1, 0.15) is 38.3 Å². The van der Waals surface area contributed by atoms with Crippen molar-refractivity contribution in [3.8, 4) is 5.75 Å². The molecule has 2 aliphatic rings. The van der Waals surface area contributed by atoms with E-state index in [0.29, 0.717) is 12.6 Å². The lowest BCUT2D eigenvalue weighted by Crippen LogP contribution is -2.44. The topological polar surface area (TPSA) is 88.8 Å². The molecular formula is C19H21N5O2. The number of fused-ring (bicyclic) bond motifs is 2. The normalized spacial score (nSPS) is 21.3. The zero-order valence-electron chi connectivity index (χ0n) is 15.0. The number of carbonyl (C=O) groups excluding carboxylic acids is 1. The molecule has 0 spiro atoms. The maximum Gasteiger partial charge on any atom is 0.253 e. The van der Waals surface area contributed by atoms with Gasteiger partial charge in [0.05, 0.1) is 23.7 Å². The summed E-state index contributed by atoms with van der Waals surface area (Å²) >= 11 is 0. The highest BCUT2D eigenvalue weighted by Gasteiger charge is 2.31. The monoisotopic (exact) mass is 351 g/mol. The van der Waals surface area contributed by atoms with Crippen LogP contribution in [0.5, 0.6) is 5.75 Å². The molecule has 7 heteroatoms. The third-order valence-corrected chi connectivity index (χ3v) is 4.74. The number of aromatic nitrogens is 2. The number of hydrogen-bond acceptors (Lipinski definition) is 5. The van der Waals surface area contributed by atoms with Crippen molar-refractivity contribution in [3.05, 3.63) is 23.9 Å². The first-order valence-electron chi connectivity index (χ1n) is 9.02. The second kappa shape index (κ2) is 6.82. The molecule has 0 radical (unpaired) electrons. The van der Waals surface area contributed by atoms with Crippen LogP contribution in [0.4, 0.5) is 5.95 Å². The molecule has 0 bridgehead atoms. The Morgan fingerprint density at radius 1 is 1.31 bits per heavy atom. The van der Waals surface area contributed by atoms with E-state index in [1.54, 1.807) is 0 Å². The maximum absolute atomic E-state index is 12.3. The zero-order valence-corrected chi connectivity index (χ0v) is 15.0. The second-order valence-corrected chi connectivity index (χ2v) is 6.55. The van der Waals surface area contributed by atoms with E-state index < -0.39 is 0 Å². The van der Waals surface area contributed by atoms with Crippen molar-refractivity contribution < 1.29 is 9.53 Å². The summed E-state index contributed by atoms with van der Waals surface area (Å²) < 4.78 is 5.53. The summed E-state index contributed by atoms with van der Waals surface area (Å²) in [6.07, 6.45) is 3.87. The molecule has 1 aromatic heterocycles. The average molecular weight is 351 g/mol. The molecule has 0 saturated heterocycles. The molecule has 2 heterocycles. The van der Waals surface area contributed by atoms with Gasteiger partial charge in [-0.05, 0) is 51.3 Å². The summed E-state index contributed by atoms with van der Waals surface area (Å²) in [5, 5.41) is 3.70. The number of nitrogens with zero attached hydrogens (tertiary/aromatic N) is 4. The highest BCUT2D eigenvalue weighted by molar-refractivity contribution is 6.18. The minimum Gasteiger partial charge on any atom is -0.494 e. The first-order chi connectivity index (χ1) is 12.6. The Hall–Kier alpha value is -2.83. The van der Waals surface area contributed by atoms with Crippen molar-refractivity contribution in [2.75, 3.05) is 6.61 Å². The molecular weight excluding hydrogens is 330 g/mol. The van der Waals surface area contributed by atoms with Crippen LogP contribution >= 0.6 is 0 Å². The number of hydrogen-bond donors (Lipinski definition) is 1. The van der Waals surface area contributed by atoms with E-state index in [9.17, 15) is 4.79 Å². The predicted molar refractivity (Wildman–Crippen MR) is 100 cm³/mol. The number of guanidine groups is 1. The van der Waals surface area contributed by atoms with Crippen LogP contribution in [0, 0.1) is 12.8 Å². The SMILES string of the molecule is CCOc1ccc2nc(/N=C3/N=C4CCCCC4C(=O)N3)nc(C)c2c1. The molecule has 1 aliphatic carbocycles. The number of aryl methyl sites for hydroxylation is 1. The Morgan fingerprint density at radius 2 is 2.19 bits per heavy atom. The van der Waals surface area contributed by atoms with Gasteiger partial charge in [0, 0.05) is 11.1 Å². The van der Waals surface area contributed by atoms with Gasteiger partial charge in [0.15, 0.2) is 0 Å². The van der Waals surface area contributed by atoms with Gasteiger partial charge in [-0.1, -0.05) is 6.42 Å². The van der Waals surface area contributed by atoms with Crippen molar-refractivity contribution in [1.82, 2.24) is 15.3 Å². The molecule has 1 unspecified atom stereocenters. The van der Waals surface area contributed by atoms with E-state index in [4.69, 9.17) is 4.74 Å². The van der Waals surface area contributed by atoms with Crippen molar-refractivity contribution in [3.63, 3.8) is 0 Å². The lowest BCUT2D eigenvalue weighted by molar-refractivity contribution is -0.122. The van der Waals surface area contributed by atoms with Crippen LogP contribution in [-0.4, -0.2) is 34.2 Å². The highest BCUT2D eigenvalue weighted by atomic mass is 16.5. The third kappa shape index (κ3) is 3.16. The van der Waals surface area contributed by atoms with Gasteiger partial charge in [-0.25, -0.2) is 15.0 Å². The first-order valence-corrected chi connectivity index (χ1v) is 9.02. The Bertz CT molecular complexity index is 935. The van der Waals surface area contributed by atoms with Crippen molar-refractivity contribution in [2.24, 2.45) is 15.9 Å². The van der Waals surface area contributed by atoms with E-state index in [0.717, 1.165) is 53.7 Å². The van der Waals surface area contributed by atoms with Gasteiger partial charge in [0.2, 0.25) is 11.9 Å². The van der Waals surface area contributed by atoms with Crippen LogP contribution in [0.25, 0.3) is 10.9 Å². The molecule has 26 heavy (non-hydrogen) atoms. The summed E-state index contributed by atoms with van der Waals surface area (Å²) in [7, 11) is 0. The van der Waals surface area contributed by atoms with Gasteiger partial charge >= 0.3 is 0 Å². The Morgan fingerprint density at radius 3 is 3.04 bits per heavy atom. The highest BCUT2D eigenvalue weighted by Crippen LogP contribution is 2.26. The number of amides is 1. The molecule has 1 N–H and O–H groups in total. The van der Waals surface area contributed by atoms with E-state index in [-0.39, 0.29) is 17.8 Å². The smallest absolute Gasteiger partial charge is 0.253 e. The summed E-state index contributed by atoms with van der Waals surface area (Å²) in [4.78, 5) is 30.1. The molecule has 1 amide bonds. The molecule has 2 aromatic rings. The van der Waals surface area contributed by atoms with Gasteiger partial charge in [0.25, 0.3) is 5.95 Å². The van der Waals surface area contributed by atoms with Crippen LogP contribution < -0.4 is 10.1 Å². The van der Waals surface area contributed by atoms with E-state index in [1.807, 2.05) is 32.0 Å². The van der Waals surface area contributed by atoms with Crippen molar-refractivity contribution >= 4 is 34.4 Å². The van der Waals surface area contributed by atoms with Crippen molar-refractivity contribution in [1.29, 1.82) is 0 Å². The van der Waals surface area contributed by atoms with Crippen LogP contribution in [0.3, 0.4) is 0 Å². The quantitative estimate of drug-likeness (QED) is 0.920. The van der Waals surface area contributed by atoms with Gasteiger partial charge in [-0.3, -0.25) is 10.1 Å². The number of ether oxygens (including phenoxy) is 1. The standard InChI is InChI=1S/C19H21N5O2/c1-3-26-12-8-9-16-14(10-12)11(2)20-18(22-16)24-19-21-15-7-5-4-6-13(15)17(25)23-19/h8-10,13H,3-7H2,1-2H3,(H,20,22,23,24,25). The van der Waals surface area contributed by atoms with Gasteiger partial charge in [-0.2, -0.15) is 4.99 Å². The number of nitrogens with one attached hydrogen (secondary N) is 1. The number of carbonyl (C=O) groups is 1. The van der Waals surface area contributed by atoms with Gasteiger partial charge in [-0.15, -0.1) is 0 Å². The summed E-state index contributed by atoms with van der Waals surface area (Å²) in [5.41, 5.74) is 2.52. The zero-order chi connectivity index (χ0) is 18.1. The van der Waals surface area contributed by atoms with E-state index in [2.05, 4.69) is 25.3 Å². The first kappa shape index (κ1) is 16.6. The largest absolute Gasteiger partial charge is 0.494 e. The Labute approximate surface area is 151 Å². The second-order valence-electron chi connectivity index (χ2n) is 6.55. The fourth-order valence-electron chi connectivity index (χ4n) is 3.47. The van der Waals surface area contributed by atoms with Crippen LogP contribution in [-0.2, 0) is 4.79 Å². The number of benzene rings is 1. The fraction of sp³-hybridized carbons (Fsp3) is 0.421. The minimum absolute atomic E-state index is 0.0210. The van der Waals surface area contributed by atoms with E-state index in [1.165, 1.54) is 0 Å². The average Bonchev–Trinajstić information content (AvgIpc) is 2.63. The molecule has 134 valence electrons. The number of rotatable bonds is 3. The Balaban J connectivity index is 1.69. The number of aliphatic imine (C=N–C) groups is 2. The minimum atomic E-state index is -0.0982. The van der Waals surface area contributed by atoms with Crippen LogP contribution in [0.2, 0.25) is 0 Å². The molecule has 4 rings (SSSR count). The fourth-order valence-corrected chi connectivity index (χ4v) is 3.47. The van der Waals surface area contributed by atoms with E-state index >= 15 is 0 Å². The summed E-state index contributed by atoms with van der Waals surface area (Å²) in [5.74, 6) is 1.26. The Kier molecular flexibility index (Phi) is 4.36. The van der Waals surface area contributed by atoms with Crippen molar-refractivity contribution in [2.45, 2.75) is 39.5 Å². The molecule has 1 atom stereocenters. The van der Waals surface area contributed by atoms with Crippen LogP contribution in [0.15, 0.2) is 28.2 Å². The van der Waals surface area contributed by atoms with Gasteiger partial charge in [0.1, 0.15) is 5.75 Å². The molecule has 1 aromatic carbocycles. The molecule has 1 fully saturated rings.